The third kappa shape index (κ3) is 2.28. The molecule has 2 aromatic rings. The molecule has 0 amide bonds. The normalized spacial score (nSPS) is 24.1. The standard InChI is InChI=1S/C16H20N4O2/c1-11-15-10-22-16-9-19(8-14(16)20(15)18-17-11)7-12-3-5-13(21-2)6-4-12/h3-6,14,16H,7-10H2,1-2H3/t14?,16-/m1/s1. The van der Waals surface area contributed by atoms with Crippen LogP contribution in [0, 0.1) is 6.92 Å². The van der Waals surface area contributed by atoms with Gasteiger partial charge in [-0.25, -0.2) is 4.68 Å². The summed E-state index contributed by atoms with van der Waals surface area (Å²) in [6.07, 6.45) is 0.215. The minimum Gasteiger partial charge on any atom is -0.497 e. The monoisotopic (exact) mass is 300 g/mol. The van der Waals surface area contributed by atoms with Gasteiger partial charge in [0, 0.05) is 19.6 Å². The Balaban J connectivity index is 1.48. The molecule has 1 aromatic heterocycles. The number of hydrogen-bond donors (Lipinski definition) is 0. The number of methoxy groups -OCH3 is 1. The van der Waals surface area contributed by atoms with Gasteiger partial charge in [-0.15, -0.1) is 5.10 Å². The van der Waals surface area contributed by atoms with E-state index >= 15 is 0 Å². The van der Waals surface area contributed by atoms with E-state index in [1.54, 1.807) is 7.11 Å². The smallest absolute Gasteiger partial charge is 0.118 e. The zero-order chi connectivity index (χ0) is 15.1. The molecule has 6 heteroatoms. The maximum absolute atomic E-state index is 6.01. The van der Waals surface area contributed by atoms with Gasteiger partial charge in [-0.1, -0.05) is 17.3 Å². The average Bonchev–Trinajstić information content (AvgIpc) is 3.11. The van der Waals surface area contributed by atoms with Crippen molar-refractivity contribution in [3.05, 3.63) is 41.2 Å². The SMILES string of the molecule is COc1ccc(CN2CC3[C@@H](C2)OCc2c(C)nnn23)cc1. The van der Waals surface area contributed by atoms with Crippen molar-refractivity contribution in [1.29, 1.82) is 0 Å². The molecule has 1 fully saturated rings. The fourth-order valence-electron chi connectivity index (χ4n) is 3.37. The molecule has 1 unspecified atom stereocenters. The second-order valence-electron chi connectivity index (χ2n) is 6.03. The second-order valence-corrected chi connectivity index (χ2v) is 6.03. The highest BCUT2D eigenvalue weighted by atomic mass is 16.5. The molecule has 0 saturated carbocycles. The maximum atomic E-state index is 6.01. The van der Waals surface area contributed by atoms with E-state index in [1.165, 1.54) is 5.56 Å². The average molecular weight is 300 g/mol. The zero-order valence-electron chi connectivity index (χ0n) is 12.9. The van der Waals surface area contributed by atoms with E-state index in [0.29, 0.717) is 6.61 Å². The highest BCUT2D eigenvalue weighted by molar-refractivity contribution is 5.27. The Morgan fingerprint density at radius 2 is 2.09 bits per heavy atom. The Kier molecular flexibility index (Phi) is 3.35. The number of ether oxygens (including phenoxy) is 2. The van der Waals surface area contributed by atoms with Gasteiger partial charge < -0.3 is 9.47 Å². The number of fused-ring (bicyclic) bond motifs is 3. The lowest BCUT2D eigenvalue weighted by Crippen LogP contribution is -2.32. The first-order valence-electron chi connectivity index (χ1n) is 7.62. The van der Waals surface area contributed by atoms with Gasteiger partial charge in [0.15, 0.2) is 0 Å². The molecule has 0 N–H and O–H groups in total. The maximum Gasteiger partial charge on any atom is 0.118 e. The Labute approximate surface area is 129 Å². The first-order chi connectivity index (χ1) is 10.7. The van der Waals surface area contributed by atoms with Crippen molar-refractivity contribution in [2.45, 2.75) is 32.2 Å². The van der Waals surface area contributed by atoms with Gasteiger partial charge in [0.2, 0.25) is 0 Å². The van der Waals surface area contributed by atoms with Crippen LogP contribution in [0.3, 0.4) is 0 Å². The van der Waals surface area contributed by atoms with E-state index in [0.717, 1.165) is 36.8 Å². The summed E-state index contributed by atoms with van der Waals surface area (Å²) in [6, 6.07) is 8.53. The highest BCUT2D eigenvalue weighted by Gasteiger charge is 2.39. The lowest BCUT2D eigenvalue weighted by atomic mass is 10.1. The molecule has 22 heavy (non-hydrogen) atoms. The van der Waals surface area contributed by atoms with Crippen molar-refractivity contribution in [1.82, 2.24) is 19.9 Å². The van der Waals surface area contributed by atoms with E-state index in [-0.39, 0.29) is 12.1 Å². The summed E-state index contributed by atoms with van der Waals surface area (Å²) in [7, 11) is 1.69. The molecular weight excluding hydrogens is 280 g/mol. The lowest BCUT2D eigenvalue weighted by molar-refractivity contribution is -0.00549. The Morgan fingerprint density at radius 1 is 1.27 bits per heavy atom. The van der Waals surface area contributed by atoms with Crippen molar-refractivity contribution >= 4 is 0 Å². The first-order valence-corrected chi connectivity index (χ1v) is 7.62. The predicted molar refractivity (Wildman–Crippen MR) is 80.6 cm³/mol. The molecule has 0 radical (unpaired) electrons. The number of benzene rings is 1. The van der Waals surface area contributed by atoms with Gasteiger partial charge in [0.25, 0.3) is 0 Å². The summed E-state index contributed by atoms with van der Waals surface area (Å²) in [5.41, 5.74) is 3.38. The van der Waals surface area contributed by atoms with Gasteiger partial charge in [0.1, 0.15) is 5.75 Å². The molecule has 0 aliphatic carbocycles. The summed E-state index contributed by atoms with van der Waals surface area (Å²) in [5.74, 6) is 0.893. The first kappa shape index (κ1) is 13.7. The summed E-state index contributed by atoms with van der Waals surface area (Å²) >= 11 is 0. The molecule has 116 valence electrons. The van der Waals surface area contributed by atoms with Crippen molar-refractivity contribution in [2.24, 2.45) is 0 Å². The van der Waals surface area contributed by atoms with Crippen LogP contribution >= 0.6 is 0 Å². The number of likely N-dealkylation sites (tertiary alicyclic amines) is 1. The topological polar surface area (TPSA) is 52.4 Å². The van der Waals surface area contributed by atoms with Crippen LogP contribution < -0.4 is 4.74 Å². The number of aromatic nitrogens is 3. The van der Waals surface area contributed by atoms with E-state index < -0.39 is 0 Å². The summed E-state index contributed by atoms with van der Waals surface area (Å²) in [5, 5.41) is 8.49. The molecule has 2 aliphatic rings. The van der Waals surface area contributed by atoms with Crippen LogP contribution in [0.2, 0.25) is 0 Å². The molecule has 6 nitrogen and oxygen atoms in total. The van der Waals surface area contributed by atoms with Crippen LogP contribution in [-0.2, 0) is 17.9 Å². The zero-order valence-corrected chi connectivity index (χ0v) is 12.9. The van der Waals surface area contributed by atoms with Crippen LogP contribution in [0.4, 0.5) is 0 Å². The van der Waals surface area contributed by atoms with Crippen LogP contribution in [0.15, 0.2) is 24.3 Å². The molecule has 2 aliphatic heterocycles. The van der Waals surface area contributed by atoms with E-state index in [2.05, 4.69) is 32.0 Å². The number of rotatable bonds is 3. The third-order valence-electron chi connectivity index (χ3n) is 4.61. The van der Waals surface area contributed by atoms with Crippen molar-refractivity contribution < 1.29 is 9.47 Å². The van der Waals surface area contributed by atoms with Crippen LogP contribution in [0.5, 0.6) is 5.75 Å². The summed E-state index contributed by atoms with van der Waals surface area (Å²) < 4.78 is 13.3. The fraction of sp³-hybridized carbons (Fsp3) is 0.500. The molecule has 4 rings (SSSR count). The van der Waals surface area contributed by atoms with Gasteiger partial charge in [0.05, 0.1) is 37.3 Å². The van der Waals surface area contributed by atoms with Gasteiger partial charge in [-0.3, -0.25) is 4.90 Å². The van der Waals surface area contributed by atoms with Crippen molar-refractivity contribution in [2.75, 3.05) is 20.2 Å². The molecular formula is C16H20N4O2. The molecule has 0 bridgehead atoms. The third-order valence-corrected chi connectivity index (χ3v) is 4.61. The minimum absolute atomic E-state index is 0.215. The number of hydrogen-bond acceptors (Lipinski definition) is 5. The molecule has 1 saturated heterocycles. The molecule has 3 heterocycles. The minimum atomic E-state index is 0.215. The van der Waals surface area contributed by atoms with Gasteiger partial charge in [-0.05, 0) is 24.6 Å². The quantitative estimate of drug-likeness (QED) is 0.861. The number of nitrogens with zero attached hydrogens (tertiary/aromatic N) is 4. The van der Waals surface area contributed by atoms with Crippen LogP contribution in [0.25, 0.3) is 0 Å². The Hall–Kier alpha value is -1.92. The highest BCUT2D eigenvalue weighted by Crippen LogP contribution is 2.32. The van der Waals surface area contributed by atoms with Crippen LogP contribution in [-0.4, -0.2) is 46.2 Å². The van der Waals surface area contributed by atoms with Crippen molar-refractivity contribution in [3.63, 3.8) is 0 Å². The predicted octanol–water partition coefficient (Wildman–Crippen LogP) is 1.55. The summed E-state index contributed by atoms with van der Waals surface area (Å²) in [6.45, 7) is 5.42. The van der Waals surface area contributed by atoms with E-state index in [1.807, 2.05) is 19.1 Å². The van der Waals surface area contributed by atoms with Crippen LogP contribution in [0.1, 0.15) is 23.0 Å². The fourth-order valence-corrected chi connectivity index (χ4v) is 3.37. The molecule has 0 spiro atoms. The van der Waals surface area contributed by atoms with E-state index in [4.69, 9.17) is 9.47 Å². The largest absolute Gasteiger partial charge is 0.497 e. The molecule has 1 aromatic carbocycles. The van der Waals surface area contributed by atoms with Gasteiger partial charge in [-0.2, -0.15) is 0 Å². The number of aryl methyl sites for hydroxylation is 1. The summed E-state index contributed by atoms with van der Waals surface area (Å²) in [4.78, 5) is 2.42. The van der Waals surface area contributed by atoms with E-state index in [9.17, 15) is 0 Å². The Morgan fingerprint density at radius 3 is 2.86 bits per heavy atom. The Bertz CT molecular complexity index is 667. The second kappa shape index (κ2) is 5.37. The molecule has 2 atom stereocenters. The van der Waals surface area contributed by atoms with Gasteiger partial charge >= 0.3 is 0 Å². The lowest BCUT2D eigenvalue weighted by Gasteiger charge is -2.26. The van der Waals surface area contributed by atoms with Crippen molar-refractivity contribution in [3.8, 4) is 5.75 Å².